The van der Waals surface area contributed by atoms with Gasteiger partial charge in [-0.3, -0.25) is 9.59 Å². The van der Waals surface area contributed by atoms with Crippen LogP contribution in [0.1, 0.15) is 26.7 Å². The average molecular weight is 329 g/mol. The fraction of sp³-hybridized carbons (Fsp3) is 0.467. The molecule has 1 saturated carbocycles. The number of hydrogen-bond acceptors (Lipinski definition) is 2. The van der Waals surface area contributed by atoms with Gasteiger partial charge in [0.05, 0.1) is 27.6 Å². The summed E-state index contributed by atoms with van der Waals surface area (Å²) in [6.07, 6.45) is 1.44. The van der Waals surface area contributed by atoms with Gasteiger partial charge in [0.2, 0.25) is 11.8 Å². The van der Waals surface area contributed by atoms with Crippen molar-refractivity contribution < 1.29 is 9.59 Å². The first-order valence-corrected chi connectivity index (χ1v) is 7.74. The first-order valence-electron chi connectivity index (χ1n) is 6.99. The third-order valence-electron chi connectivity index (χ3n) is 3.67. The lowest BCUT2D eigenvalue weighted by molar-refractivity contribution is -0.125. The molecule has 6 heteroatoms. The molecule has 0 radical (unpaired) electrons. The van der Waals surface area contributed by atoms with Crippen molar-refractivity contribution in [1.82, 2.24) is 5.32 Å². The van der Waals surface area contributed by atoms with Gasteiger partial charge in [-0.05, 0) is 31.9 Å². The molecule has 0 aliphatic heterocycles. The highest BCUT2D eigenvalue weighted by Crippen LogP contribution is 2.40. The van der Waals surface area contributed by atoms with Crippen molar-refractivity contribution in [2.24, 2.45) is 11.8 Å². The summed E-state index contributed by atoms with van der Waals surface area (Å²) in [7, 11) is 0. The van der Waals surface area contributed by atoms with E-state index in [2.05, 4.69) is 10.6 Å². The highest BCUT2D eigenvalue weighted by molar-refractivity contribution is 6.44. The van der Waals surface area contributed by atoms with Crippen LogP contribution in [0.15, 0.2) is 18.2 Å². The minimum absolute atomic E-state index is 0.0540. The van der Waals surface area contributed by atoms with Crippen LogP contribution in [0.3, 0.4) is 0 Å². The van der Waals surface area contributed by atoms with Gasteiger partial charge in [-0.1, -0.05) is 36.2 Å². The highest BCUT2D eigenvalue weighted by atomic mass is 35.5. The monoisotopic (exact) mass is 328 g/mol. The van der Waals surface area contributed by atoms with E-state index in [1.54, 1.807) is 18.2 Å². The third-order valence-corrected chi connectivity index (χ3v) is 4.49. The van der Waals surface area contributed by atoms with Crippen molar-refractivity contribution in [2.45, 2.75) is 32.7 Å². The van der Waals surface area contributed by atoms with Crippen LogP contribution in [0.2, 0.25) is 10.0 Å². The largest absolute Gasteiger partial charge is 0.353 e. The minimum Gasteiger partial charge on any atom is -0.353 e. The molecule has 0 aromatic heterocycles. The lowest BCUT2D eigenvalue weighted by atomic mass is 10.2. The van der Waals surface area contributed by atoms with Gasteiger partial charge < -0.3 is 10.6 Å². The number of nitrogens with one attached hydrogen (secondary N) is 2. The van der Waals surface area contributed by atoms with E-state index in [1.165, 1.54) is 0 Å². The Hall–Kier alpha value is -1.26. The predicted octanol–water partition coefficient (Wildman–Crippen LogP) is 3.48. The van der Waals surface area contributed by atoms with Crippen molar-refractivity contribution in [3.05, 3.63) is 28.2 Å². The van der Waals surface area contributed by atoms with Crippen molar-refractivity contribution in [3.8, 4) is 0 Å². The van der Waals surface area contributed by atoms with Crippen LogP contribution in [0.4, 0.5) is 5.69 Å². The Kier molecular flexibility index (Phi) is 5.12. The summed E-state index contributed by atoms with van der Waals surface area (Å²) in [6.45, 7) is 3.95. The lowest BCUT2D eigenvalue weighted by Crippen LogP contribution is -2.34. The molecule has 4 nitrogen and oxygen atoms in total. The summed E-state index contributed by atoms with van der Waals surface area (Å²) in [4.78, 5) is 24.0. The second-order valence-corrected chi connectivity index (χ2v) is 6.14. The smallest absolute Gasteiger partial charge is 0.228 e. The fourth-order valence-electron chi connectivity index (χ4n) is 2.05. The molecule has 0 spiro atoms. The van der Waals surface area contributed by atoms with E-state index in [9.17, 15) is 9.59 Å². The topological polar surface area (TPSA) is 58.2 Å². The molecule has 0 bridgehead atoms. The maximum Gasteiger partial charge on any atom is 0.228 e. The number of benzene rings is 1. The standard InChI is InChI=1S/C15H18Cl2N2O2/c1-3-8(2)18-14(20)9-7-10(9)15(21)19-12-6-4-5-11(16)13(12)17/h4-6,8-10H,3,7H2,1-2H3,(H,18,20)(H,19,21). The maximum absolute atomic E-state index is 12.1. The van der Waals surface area contributed by atoms with Gasteiger partial charge in [0.25, 0.3) is 0 Å². The van der Waals surface area contributed by atoms with E-state index in [0.717, 1.165) is 6.42 Å². The maximum atomic E-state index is 12.1. The molecule has 0 heterocycles. The number of hydrogen-bond donors (Lipinski definition) is 2. The zero-order valence-corrected chi connectivity index (χ0v) is 13.5. The van der Waals surface area contributed by atoms with E-state index >= 15 is 0 Å². The van der Waals surface area contributed by atoms with Crippen molar-refractivity contribution in [3.63, 3.8) is 0 Å². The first kappa shape index (κ1) is 16.1. The summed E-state index contributed by atoms with van der Waals surface area (Å²) in [6, 6.07) is 5.18. The predicted molar refractivity (Wildman–Crippen MR) is 84.6 cm³/mol. The number of anilines is 1. The molecule has 21 heavy (non-hydrogen) atoms. The number of carbonyl (C=O) groups is 2. The Bertz CT molecular complexity index is 563. The summed E-state index contributed by atoms with van der Waals surface area (Å²) in [5.74, 6) is -0.772. The summed E-state index contributed by atoms with van der Waals surface area (Å²) in [5, 5.41) is 6.32. The average Bonchev–Trinajstić information content (AvgIpc) is 3.24. The van der Waals surface area contributed by atoms with Crippen LogP contribution in [-0.4, -0.2) is 17.9 Å². The summed E-state index contributed by atoms with van der Waals surface area (Å²) in [5.41, 5.74) is 0.474. The zero-order chi connectivity index (χ0) is 15.6. The summed E-state index contributed by atoms with van der Waals surface area (Å²) >= 11 is 11.9. The molecule has 1 aromatic rings. The Morgan fingerprint density at radius 1 is 1.29 bits per heavy atom. The molecule has 2 N–H and O–H groups in total. The van der Waals surface area contributed by atoms with Crippen LogP contribution in [0, 0.1) is 11.8 Å². The Morgan fingerprint density at radius 2 is 1.95 bits per heavy atom. The van der Waals surface area contributed by atoms with E-state index in [1.807, 2.05) is 13.8 Å². The molecule has 1 fully saturated rings. The van der Waals surface area contributed by atoms with E-state index in [4.69, 9.17) is 23.2 Å². The zero-order valence-electron chi connectivity index (χ0n) is 12.0. The molecule has 3 atom stereocenters. The number of rotatable bonds is 5. The number of carbonyl (C=O) groups excluding carboxylic acids is 2. The first-order chi connectivity index (χ1) is 9.93. The molecular weight excluding hydrogens is 311 g/mol. The van der Waals surface area contributed by atoms with Crippen molar-refractivity contribution in [2.75, 3.05) is 5.32 Å². The number of amides is 2. The van der Waals surface area contributed by atoms with Crippen LogP contribution < -0.4 is 10.6 Å². The van der Waals surface area contributed by atoms with Crippen LogP contribution >= 0.6 is 23.2 Å². The van der Waals surface area contributed by atoms with Gasteiger partial charge in [-0.2, -0.15) is 0 Å². The molecule has 2 rings (SSSR count). The molecule has 0 saturated heterocycles. The lowest BCUT2D eigenvalue weighted by Gasteiger charge is -2.11. The molecule has 1 aliphatic rings. The second-order valence-electron chi connectivity index (χ2n) is 5.36. The van der Waals surface area contributed by atoms with Crippen LogP contribution in [0.5, 0.6) is 0 Å². The van der Waals surface area contributed by atoms with Gasteiger partial charge in [-0.15, -0.1) is 0 Å². The Morgan fingerprint density at radius 3 is 2.62 bits per heavy atom. The molecule has 114 valence electrons. The van der Waals surface area contributed by atoms with Crippen molar-refractivity contribution >= 4 is 40.7 Å². The van der Waals surface area contributed by atoms with Gasteiger partial charge in [0, 0.05) is 6.04 Å². The van der Waals surface area contributed by atoms with Crippen LogP contribution in [0.25, 0.3) is 0 Å². The molecule has 3 unspecified atom stereocenters. The fourth-order valence-corrected chi connectivity index (χ4v) is 2.40. The molecular formula is C15H18Cl2N2O2. The number of halogens is 2. The summed E-state index contributed by atoms with van der Waals surface area (Å²) < 4.78 is 0. The van der Waals surface area contributed by atoms with Gasteiger partial charge in [0.15, 0.2) is 0 Å². The van der Waals surface area contributed by atoms with E-state index < -0.39 is 0 Å². The third kappa shape index (κ3) is 3.89. The quantitative estimate of drug-likeness (QED) is 0.869. The Balaban J connectivity index is 1.92. The van der Waals surface area contributed by atoms with Crippen molar-refractivity contribution in [1.29, 1.82) is 0 Å². The SMILES string of the molecule is CCC(C)NC(=O)C1CC1C(=O)Nc1cccc(Cl)c1Cl. The molecule has 1 aliphatic carbocycles. The minimum atomic E-state index is -0.288. The van der Waals surface area contributed by atoms with Gasteiger partial charge in [0.1, 0.15) is 0 Å². The van der Waals surface area contributed by atoms with Gasteiger partial charge >= 0.3 is 0 Å². The van der Waals surface area contributed by atoms with Gasteiger partial charge in [-0.25, -0.2) is 0 Å². The molecule has 1 aromatic carbocycles. The van der Waals surface area contributed by atoms with E-state index in [-0.39, 0.29) is 29.7 Å². The molecule has 2 amide bonds. The second kappa shape index (κ2) is 6.67. The van der Waals surface area contributed by atoms with Crippen LogP contribution in [-0.2, 0) is 9.59 Å². The highest BCUT2D eigenvalue weighted by Gasteiger charge is 2.48. The normalized spacial score (nSPS) is 21.5. The van der Waals surface area contributed by atoms with E-state index in [0.29, 0.717) is 22.2 Å². The Labute approximate surface area is 134 Å².